The van der Waals surface area contributed by atoms with E-state index < -0.39 is 4.92 Å². The summed E-state index contributed by atoms with van der Waals surface area (Å²) in [7, 11) is 0. The molecule has 0 spiro atoms. The van der Waals surface area contributed by atoms with Crippen molar-refractivity contribution in [2.75, 3.05) is 18.0 Å². The topological polar surface area (TPSA) is 106 Å². The van der Waals surface area contributed by atoms with Crippen LogP contribution >= 0.6 is 0 Å². The average molecular weight is 380 g/mol. The van der Waals surface area contributed by atoms with Crippen LogP contribution in [-0.2, 0) is 11.3 Å². The van der Waals surface area contributed by atoms with Gasteiger partial charge in [0.25, 0.3) is 0 Å². The minimum Gasteiger partial charge on any atom is -0.358 e. The van der Waals surface area contributed by atoms with Crippen molar-refractivity contribution >= 4 is 23.2 Å². The van der Waals surface area contributed by atoms with Crippen molar-refractivity contribution in [1.82, 2.24) is 19.9 Å². The highest BCUT2D eigenvalue weighted by Crippen LogP contribution is 2.23. The average Bonchev–Trinajstić information content (AvgIpc) is 3.16. The summed E-state index contributed by atoms with van der Waals surface area (Å²) in [5.74, 6) is 0.521. The lowest BCUT2D eigenvalue weighted by Crippen LogP contribution is -2.40. The number of anilines is 1. The molecule has 1 saturated heterocycles. The number of imidazole rings is 1. The fraction of sp³-hybridized carbons (Fsp3) is 0.316. The van der Waals surface area contributed by atoms with E-state index in [4.69, 9.17) is 0 Å². The second-order valence-corrected chi connectivity index (χ2v) is 6.80. The molecule has 0 saturated carbocycles. The van der Waals surface area contributed by atoms with Gasteiger partial charge >= 0.3 is 5.82 Å². The highest BCUT2D eigenvalue weighted by atomic mass is 16.6. The predicted octanol–water partition coefficient (Wildman–Crippen LogP) is 2.17. The van der Waals surface area contributed by atoms with Gasteiger partial charge < -0.3 is 20.3 Å². The van der Waals surface area contributed by atoms with E-state index in [0.29, 0.717) is 43.9 Å². The van der Waals surface area contributed by atoms with Crippen LogP contribution in [0.2, 0.25) is 0 Å². The number of carbonyl (C=O) groups excluding carboxylic acids is 1. The van der Waals surface area contributed by atoms with E-state index in [9.17, 15) is 14.9 Å². The molecule has 144 valence electrons. The number of nitro groups is 1. The fourth-order valence-corrected chi connectivity index (χ4v) is 3.44. The molecule has 1 N–H and O–H groups in total. The Morgan fingerprint density at radius 2 is 1.93 bits per heavy atom. The van der Waals surface area contributed by atoms with Crippen LogP contribution in [0, 0.1) is 16.0 Å². The van der Waals surface area contributed by atoms with E-state index in [-0.39, 0.29) is 17.6 Å². The van der Waals surface area contributed by atoms with Crippen LogP contribution in [0.1, 0.15) is 18.4 Å². The summed E-state index contributed by atoms with van der Waals surface area (Å²) >= 11 is 0. The van der Waals surface area contributed by atoms with E-state index in [1.54, 1.807) is 6.07 Å². The first kappa shape index (κ1) is 17.9. The van der Waals surface area contributed by atoms with Crippen LogP contribution in [-0.4, -0.2) is 38.5 Å². The zero-order valence-electron chi connectivity index (χ0n) is 15.2. The Labute approximate surface area is 161 Å². The molecule has 28 heavy (non-hydrogen) atoms. The van der Waals surface area contributed by atoms with E-state index in [1.165, 1.54) is 10.7 Å². The molecule has 0 unspecified atom stereocenters. The van der Waals surface area contributed by atoms with Crippen molar-refractivity contribution in [2.45, 2.75) is 19.4 Å². The van der Waals surface area contributed by atoms with Crippen LogP contribution in [0.15, 0.2) is 48.7 Å². The second kappa shape index (κ2) is 7.63. The van der Waals surface area contributed by atoms with Crippen molar-refractivity contribution in [3.63, 3.8) is 0 Å². The summed E-state index contributed by atoms with van der Waals surface area (Å²) in [5.41, 5.74) is 1.51. The Hall–Kier alpha value is -3.49. The van der Waals surface area contributed by atoms with Gasteiger partial charge in [-0.3, -0.25) is 4.79 Å². The molecular weight excluding hydrogens is 360 g/mol. The number of aromatic nitrogens is 3. The molecule has 0 atom stereocenters. The highest BCUT2D eigenvalue weighted by molar-refractivity contribution is 5.79. The van der Waals surface area contributed by atoms with E-state index >= 15 is 0 Å². The Kier molecular flexibility index (Phi) is 4.88. The molecule has 1 fully saturated rings. The number of nitrogens with one attached hydrogen (secondary N) is 1. The molecule has 3 heterocycles. The van der Waals surface area contributed by atoms with Gasteiger partial charge in [0.05, 0.1) is 0 Å². The van der Waals surface area contributed by atoms with Gasteiger partial charge in [-0.05, 0) is 29.4 Å². The zero-order chi connectivity index (χ0) is 19.5. The second-order valence-electron chi connectivity index (χ2n) is 6.80. The quantitative estimate of drug-likeness (QED) is 0.537. The van der Waals surface area contributed by atoms with E-state index in [1.807, 2.05) is 41.3 Å². The molecular formula is C19H20N6O3. The number of piperidine rings is 1. The van der Waals surface area contributed by atoms with Gasteiger partial charge in [-0.25, -0.2) is 4.98 Å². The van der Waals surface area contributed by atoms with Crippen molar-refractivity contribution in [3.05, 3.63) is 64.3 Å². The molecule has 9 nitrogen and oxygen atoms in total. The smallest absolute Gasteiger partial charge is 0.358 e. The highest BCUT2D eigenvalue weighted by Gasteiger charge is 2.26. The summed E-state index contributed by atoms with van der Waals surface area (Å²) < 4.78 is 1.24. The van der Waals surface area contributed by atoms with Gasteiger partial charge in [0.15, 0.2) is 5.82 Å². The Morgan fingerprint density at radius 3 is 2.64 bits per heavy atom. The van der Waals surface area contributed by atoms with Gasteiger partial charge in [-0.2, -0.15) is 0 Å². The maximum absolute atomic E-state index is 12.4. The first-order chi connectivity index (χ1) is 13.6. The number of hydrogen-bond acceptors (Lipinski definition) is 6. The third-order valence-corrected chi connectivity index (χ3v) is 5.02. The summed E-state index contributed by atoms with van der Waals surface area (Å²) in [6.45, 7) is 1.87. The van der Waals surface area contributed by atoms with Crippen molar-refractivity contribution in [3.8, 4) is 0 Å². The minimum absolute atomic E-state index is 0.0359. The molecule has 1 aromatic carbocycles. The summed E-state index contributed by atoms with van der Waals surface area (Å²) in [6, 6.07) is 13.4. The Balaban J connectivity index is 1.37. The summed E-state index contributed by atoms with van der Waals surface area (Å²) in [4.78, 5) is 29.1. The lowest BCUT2D eigenvalue weighted by molar-refractivity contribution is -0.391. The molecule has 0 radical (unpaired) electrons. The number of carbonyl (C=O) groups is 1. The van der Waals surface area contributed by atoms with Gasteiger partial charge in [0.2, 0.25) is 11.6 Å². The molecule has 4 rings (SSSR count). The molecule has 2 aromatic heterocycles. The number of nitrogens with zero attached hydrogens (tertiary/aromatic N) is 5. The molecule has 9 heteroatoms. The SMILES string of the molecule is O=C(NCc1ccccc1)C1CCN(c2ccc3ncc([N+](=O)[O-])n3n2)CC1. The van der Waals surface area contributed by atoms with Crippen LogP contribution in [0.25, 0.3) is 5.65 Å². The molecule has 0 aliphatic carbocycles. The maximum Gasteiger partial charge on any atom is 0.368 e. The lowest BCUT2D eigenvalue weighted by atomic mass is 9.96. The maximum atomic E-state index is 12.4. The standard InChI is InChI=1S/C19H20N6O3/c26-19(21-12-14-4-2-1-3-5-14)15-8-10-23(11-9-15)17-7-6-16-20-13-18(25(27)28)24(16)22-17/h1-7,13,15H,8-12H2,(H,21,26). The van der Waals surface area contributed by atoms with Crippen LogP contribution < -0.4 is 10.2 Å². The van der Waals surface area contributed by atoms with Gasteiger partial charge in [0.1, 0.15) is 6.20 Å². The van der Waals surface area contributed by atoms with E-state index in [0.717, 1.165) is 5.56 Å². The Bertz CT molecular complexity index is 995. The molecule has 3 aromatic rings. The van der Waals surface area contributed by atoms with Crippen LogP contribution in [0.3, 0.4) is 0 Å². The van der Waals surface area contributed by atoms with Gasteiger partial charge in [-0.1, -0.05) is 39.9 Å². The molecule has 1 amide bonds. The number of hydrogen-bond donors (Lipinski definition) is 1. The van der Waals surface area contributed by atoms with Crippen molar-refractivity contribution in [2.24, 2.45) is 5.92 Å². The summed E-state index contributed by atoms with van der Waals surface area (Å²) in [5, 5.41) is 18.5. The Morgan fingerprint density at radius 1 is 1.18 bits per heavy atom. The number of fused-ring (bicyclic) bond motifs is 1. The first-order valence-electron chi connectivity index (χ1n) is 9.17. The van der Waals surface area contributed by atoms with Gasteiger partial charge in [-0.15, -0.1) is 0 Å². The van der Waals surface area contributed by atoms with Crippen LogP contribution in [0.5, 0.6) is 0 Å². The fourth-order valence-electron chi connectivity index (χ4n) is 3.44. The van der Waals surface area contributed by atoms with Crippen molar-refractivity contribution in [1.29, 1.82) is 0 Å². The molecule has 1 aliphatic rings. The lowest BCUT2D eigenvalue weighted by Gasteiger charge is -2.31. The van der Waals surface area contributed by atoms with Crippen LogP contribution in [0.4, 0.5) is 11.6 Å². The van der Waals surface area contributed by atoms with Crippen molar-refractivity contribution < 1.29 is 9.72 Å². The third-order valence-electron chi connectivity index (χ3n) is 5.02. The molecule has 0 bridgehead atoms. The normalized spacial score (nSPS) is 14.9. The number of amides is 1. The third kappa shape index (κ3) is 3.64. The zero-order valence-corrected chi connectivity index (χ0v) is 15.2. The number of rotatable bonds is 5. The summed E-state index contributed by atoms with van der Waals surface area (Å²) in [6.07, 6.45) is 2.63. The predicted molar refractivity (Wildman–Crippen MR) is 103 cm³/mol. The van der Waals surface area contributed by atoms with E-state index in [2.05, 4.69) is 15.4 Å². The minimum atomic E-state index is -0.500. The number of benzene rings is 1. The van der Waals surface area contributed by atoms with Gasteiger partial charge in [0, 0.05) is 31.6 Å². The molecule has 1 aliphatic heterocycles. The largest absolute Gasteiger partial charge is 0.368 e. The monoisotopic (exact) mass is 380 g/mol. The first-order valence-corrected chi connectivity index (χ1v) is 9.17.